The first-order valence-corrected chi connectivity index (χ1v) is 7.65. The molecule has 1 aliphatic rings. The van der Waals surface area contributed by atoms with Crippen LogP contribution in [-0.4, -0.2) is 35.5 Å². The number of aliphatic imine (C=N–C) groups is 1. The molecule has 0 bridgehead atoms. The maximum atomic E-state index is 4.75. The normalized spacial score (nSPS) is 19.1. The second-order valence-corrected chi connectivity index (χ2v) is 5.63. The van der Waals surface area contributed by atoms with Gasteiger partial charge in [-0.05, 0) is 44.7 Å². The van der Waals surface area contributed by atoms with Crippen molar-refractivity contribution in [2.24, 2.45) is 10.9 Å². The summed E-state index contributed by atoms with van der Waals surface area (Å²) < 4.78 is 0. The first-order chi connectivity index (χ1) is 9.69. The summed E-state index contributed by atoms with van der Waals surface area (Å²) in [5.74, 6) is 1.78. The van der Waals surface area contributed by atoms with Crippen LogP contribution in [-0.2, 0) is 6.54 Å². The van der Waals surface area contributed by atoms with Crippen molar-refractivity contribution in [3.63, 3.8) is 0 Å². The summed E-state index contributed by atoms with van der Waals surface area (Å²) in [7, 11) is 0. The second kappa shape index (κ2) is 9.23. The van der Waals surface area contributed by atoms with Crippen LogP contribution in [0.1, 0.15) is 38.1 Å². The number of hydrogen-bond acceptors (Lipinski definition) is 2. The van der Waals surface area contributed by atoms with E-state index in [1.54, 1.807) is 0 Å². The number of hydrogen-bond donors (Lipinski definition) is 1. The van der Waals surface area contributed by atoms with E-state index in [2.05, 4.69) is 29.0 Å². The van der Waals surface area contributed by atoms with Gasteiger partial charge >= 0.3 is 0 Å². The Hall–Kier alpha value is -0.850. The van der Waals surface area contributed by atoms with E-state index in [0.29, 0.717) is 6.54 Å². The van der Waals surface area contributed by atoms with E-state index >= 15 is 0 Å². The summed E-state index contributed by atoms with van der Waals surface area (Å²) in [6, 6.07) is 6.10. The molecule has 21 heavy (non-hydrogen) atoms. The lowest BCUT2D eigenvalue weighted by molar-refractivity contribution is 0.266. The Morgan fingerprint density at radius 3 is 2.95 bits per heavy atom. The van der Waals surface area contributed by atoms with Gasteiger partial charge in [-0.25, -0.2) is 4.99 Å². The lowest BCUT2D eigenvalue weighted by Crippen LogP contribution is -2.46. The molecule has 0 spiro atoms. The Morgan fingerprint density at radius 1 is 1.48 bits per heavy atom. The molecule has 0 aliphatic carbocycles. The molecule has 2 heterocycles. The highest BCUT2D eigenvalue weighted by atomic mass is 127. The standard InChI is InChI=1S/C16H26N4.HI/c1-4-17-16(20-10-6-7-13(2)12-20)18-11-15-9-5-8-14(3)19-15;/h5,8-9,13H,4,6-7,10-12H2,1-3H3,(H,17,18);1H. The third-order valence-electron chi connectivity index (χ3n) is 3.63. The topological polar surface area (TPSA) is 40.5 Å². The predicted molar refractivity (Wildman–Crippen MR) is 99.2 cm³/mol. The van der Waals surface area contributed by atoms with Crippen molar-refractivity contribution >= 4 is 29.9 Å². The minimum Gasteiger partial charge on any atom is -0.357 e. The quantitative estimate of drug-likeness (QED) is 0.480. The van der Waals surface area contributed by atoms with Gasteiger partial charge in [0.1, 0.15) is 0 Å². The molecule has 1 unspecified atom stereocenters. The maximum Gasteiger partial charge on any atom is 0.194 e. The van der Waals surface area contributed by atoms with Gasteiger partial charge in [0.15, 0.2) is 5.96 Å². The van der Waals surface area contributed by atoms with Gasteiger partial charge in [-0.3, -0.25) is 4.98 Å². The highest BCUT2D eigenvalue weighted by molar-refractivity contribution is 14.0. The smallest absolute Gasteiger partial charge is 0.194 e. The molecule has 0 amide bonds. The fourth-order valence-corrected chi connectivity index (χ4v) is 2.65. The Morgan fingerprint density at radius 2 is 2.29 bits per heavy atom. The number of pyridine rings is 1. The molecule has 118 valence electrons. The highest BCUT2D eigenvalue weighted by Gasteiger charge is 2.18. The number of piperidine rings is 1. The molecule has 2 rings (SSSR count). The summed E-state index contributed by atoms with van der Waals surface area (Å²) >= 11 is 0. The molecule has 5 heteroatoms. The molecule has 1 aromatic heterocycles. The van der Waals surface area contributed by atoms with Gasteiger partial charge in [0.2, 0.25) is 0 Å². The predicted octanol–water partition coefficient (Wildman–Crippen LogP) is 3.21. The minimum absolute atomic E-state index is 0. The highest BCUT2D eigenvalue weighted by Crippen LogP contribution is 2.15. The monoisotopic (exact) mass is 402 g/mol. The van der Waals surface area contributed by atoms with Gasteiger partial charge in [0.05, 0.1) is 12.2 Å². The maximum absolute atomic E-state index is 4.75. The molecule has 1 saturated heterocycles. The molecule has 1 aromatic rings. The molecular weight excluding hydrogens is 375 g/mol. The third-order valence-corrected chi connectivity index (χ3v) is 3.63. The minimum atomic E-state index is 0. The number of halogens is 1. The Kier molecular flexibility index (Phi) is 8.00. The van der Waals surface area contributed by atoms with Gasteiger partial charge in [-0.2, -0.15) is 0 Å². The number of nitrogens with zero attached hydrogens (tertiary/aromatic N) is 3. The van der Waals surface area contributed by atoms with Crippen LogP contribution in [0.5, 0.6) is 0 Å². The van der Waals surface area contributed by atoms with Crippen molar-refractivity contribution in [3.8, 4) is 0 Å². The largest absolute Gasteiger partial charge is 0.357 e. The molecular formula is C16H27IN4. The van der Waals surface area contributed by atoms with E-state index in [9.17, 15) is 0 Å². The summed E-state index contributed by atoms with van der Waals surface area (Å²) in [5, 5.41) is 3.41. The molecule has 0 saturated carbocycles. The van der Waals surface area contributed by atoms with Crippen LogP contribution in [0, 0.1) is 12.8 Å². The molecule has 1 N–H and O–H groups in total. The van der Waals surface area contributed by atoms with Crippen molar-refractivity contribution in [1.82, 2.24) is 15.2 Å². The summed E-state index contributed by atoms with van der Waals surface area (Å²) in [5.41, 5.74) is 2.08. The first-order valence-electron chi connectivity index (χ1n) is 7.65. The third kappa shape index (κ3) is 5.80. The van der Waals surface area contributed by atoms with Crippen molar-refractivity contribution < 1.29 is 0 Å². The first kappa shape index (κ1) is 18.2. The van der Waals surface area contributed by atoms with E-state index in [1.807, 2.05) is 25.1 Å². The fourth-order valence-electron chi connectivity index (χ4n) is 2.65. The molecule has 4 nitrogen and oxygen atoms in total. The van der Waals surface area contributed by atoms with Crippen LogP contribution in [0.4, 0.5) is 0 Å². The molecule has 1 atom stereocenters. The van der Waals surface area contributed by atoms with Crippen LogP contribution in [0.3, 0.4) is 0 Å². The van der Waals surface area contributed by atoms with E-state index in [1.165, 1.54) is 12.8 Å². The summed E-state index contributed by atoms with van der Waals surface area (Å²) in [4.78, 5) is 11.6. The number of nitrogens with one attached hydrogen (secondary N) is 1. The van der Waals surface area contributed by atoms with Crippen molar-refractivity contribution in [3.05, 3.63) is 29.6 Å². The zero-order chi connectivity index (χ0) is 14.4. The number of aryl methyl sites for hydroxylation is 1. The van der Waals surface area contributed by atoms with Gasteiger partial charge in [-0.15, -0.1) is 24.0 Å². The SMILES string of the molecule is CCNC(=NCc1cccc(C)n1)N1CCCC(C)C1.I. The van der Waals surface area contributed by atoms with Crippen LogP contribution >= 0.6 is 24.0 Å². The Bertz CT molecular complexity index is 461. The zero-order valence-electron chi connectivity index (χ0n) is 13.3. The summed E-state index contributed by atoms with van der Waals surface area (Å²) in [6.07, 6.45) is 2.59. The number of likely N-dealkylation sites (tertiary alicyclic amines) is 1. The Labute approximate surface area is 145 Å². The Balaban J connectivity index is 0.00000220. The average molecular weight is 402 g/mol. The molecule has 0 radical (unpaired) electrons. The van der Waals surface area contributed by atoms with Crippen molar-refractivity contribution in [2.45, 2.75) is 40.2 Å². The molecule has 0 aromatic carbocycles. The van der Waals surface area contributed by atoms with E-state index < -0.39 is 0 Å². The van der Waals surface area contributed by atoms with Crippen LogP contribution in [0.2, 0.25) is 0 Å². The summed E-state index contributed by atoms with van der Waals surface area (Å²) in [6.45, 7) is 10.2. The number of guanidine groups is 1. The molecule has 1 fully saturated rings. The zero-order valence-corrected chi connectivity index (χ0v) is 15.6. The number of aromatic nitrogens is 1. The van der Waals surface area contributed by atoms with E-state index in [-0.39, 0.29) is 24.0 Å². The van der Waals surface area contributed by atoms with Gasteiger partial charge in [0.25, 0.3) is 0 Å². The van der Waals surface area contributed by atoms with Crippen LogP contribution in [0.15, 0.2) is 23.2 Å². The number of rotatable bonds is 3. The van der Waals surface area contributed by atoms with Crippen LogP contribution in [0.25, 0.3) is 0 Å². The van der Waals surface area contributed by atoms with Gasteiger partial charge in [-0.1, -0.05) is 13.0 Å². The van der Waals surface area contributed by atoms with Crippen molar-refractivity contribution in [2.75, 3.05) is 19.6 Å². The van der Waals surface area contributed by atoms with Gasteiger partial charge in [0, 0.05) is 25.3 Å². The molecule has 1 aliphatic heterocycles. The lowest BCUT2D eigenvalue weighted by atomic mass is 10.0. The fraction of sp³-hybridized carbons (Fsp3) is 0.625. The van der Waals surface area contributed by atoms with E-state index in [0.717, 1.165) is 42.9 Å². The second-order valence-electron chi connectivity index (χ2n) is 5.63. The lowest BCUT2D eigenvalue weighted by Gasteiger charge is -2.33. The van der Waals surface area contributed by atoms with Crippen molar-refractivity contribution in [1.29, 1.82) is 0 Å². The van der Waals surface area contributed by atoms with E-state index in [4.69, 9.17) is 4.99 Å². The van der Waals surface area contributed by atoms with Crippen LogP contribution < -0.4 is 5.32 Å². The van der Waals surface area contributed by atoms with Gasteiger partial charge < -0.3 is 10.2 Å². The average Bonchev–Trinajstić information content (AvgIpc) is 2.43.